The van der Waals surface area contributed by atoms with E-state index in [0.717, 1.165) is 0 Å². The molecule has 0 aliphatic heterocycles. The lowest BCUT2D eigenvalue weighted by atomic mass is 10.2. The van der Waals surface area contributed by atoms with Crippen LogP contribution in [0.1, 0.15) is 31.1 Å². The highest BCUT2D eigenvalue weighted by molar-refractivity contribution is 6.30. The van der Waals surface area contributed by atoms with Crippen LogP contribution in [-0.2, 0) is 9.53 Å². The number of carbonyl (C=O) groups is 2. The standard InChI is InChI=1S/C20H22ClNO4/c1-13(2)12-25-18-9-7-15(8-10-18)20(24)26-14(3)19(23)22-17-6-4-5-16(21)11-17/h4-11,13-14H,12H2,1-3H3,(H,22,23)/t14-/m0/s1. The van der Waals surface area contributed by atoms with Crippen molar-refractivity contribution in [2.75, 3.05) is 11.9 Å². The minimum atomic E-state index is -0.946. The number of ether oxygens (including phenoxy) is 2. The van der Waals surface area contributed by atoms with Crippen molar-refractivity contribution in [2.45, 2.75) is 26.9 Å². The summed E-state index contributed by atoms with van der Waals surface area (Å²) in [5.74, 6) is 0.0900. The summed E-state index contributed by atoms with van der Waals surface area (Å²) in [5, 5.41) is 3.16. The van der Waals surface area contributed by atoms with E-state index in [1.807, 2.05) is 0 Å². The summed E-state index contributed by atoms with van der Waals surface area (Å²) < 4.78 is 10.8. The van der Waals surface area contributed by atoms with Crippen molar-refractivity contribution in [1.82, 2.24) is 0 Å². The molecule has 0 bridgehead atoms. The Morgan fingerprint density at radius 1 is 1.08 bits per heavy atom. The number of hydrogen-bond acceptors (Lipinski definition) is 4. The van der Waals surface area contributed by atoms with E-state index in [1.165, 1.54) is 6.92 Å². The van der Waals surface area contributed by atoms with Gasteiger partial charge >= 0.3 is 5.97 Å². The van der Waals surface area contributed by atoms with Crippen LogP contribution < -0.4 is 10.1 Å². The molecule has 0 spiro atoms. The predicted molar refractivity (Wildman–Crippen MR) is 102 cm³/mol. The number of halogens is 1. The third kappa shape index (κ3) is 6.08. The first-order valence-corrected chi connectivity index (χ1v) is 8.73. The number of hydrogen-bond donors (Lipinski definition) is 1. The number of esters is 1. The largest absolute Gasteiger partial charge is 0.493 e. The summed E-state index contributed by atoms with van der Waals surface area (Å²) in [4.78, 5) is 24.3. The van der Waals surface area contributed by atoms with E-state index < -0.39 is 18.0 Å². The summed E-state index contributed by atoms with van der Waals surface area (Å²) in [6, 6.07) is 13.4. The number of rotatable bonds is 7. The van der Waals surface area contributed by atoms with Gasteiger partial charge in [-0.15, -0.1) is 0 Å². The maximum atomic E-state index is 12.2. The van der Waals surface area contributed by atoms with Gasteiger partial charge in [0, 0.05) is 10.7 Å². The molecular weight excluding hydrogens is 354 g/mol. The number of carbonyl (C=O) groups excluding carboxylic acids is 2. The quantitative estimate of drug-likeness (QED) is 0.720. The zero-order chi connectivity index (χ0) is 19.1. The van der Waals surface area contributed by atoms with Gasteiger partial charge in [-0.3, -0.25) is 4.79 Å². The maximum absolute atomic E-state index is 12.2. The zero-order valence-electron chi connectivity index (χ0n) is 15.0. The minimum Gasteiger partial charge on any atom is -0.493 e. The molecule has 0 heterocycles. The number of amides is 1. The van der Waals surface area contributed by atoms with E-state index in [4.69, 9.17) is 21.1 Å². The van der Waals surface area contributed by atoms with E-state index in [2.05, 4.69) is 19.2 Å². The SMILES string of the molecule is CC(C)COc1ccc(C(=O)O[C@@H](C)C(=O)Nc2cccc(Cl)c2)cc1. The summed E-state index contributed by atoms with van der Waals surface area (Å²) in [6.45, 7) is 6.23. The lowest BCUT2D eigenvalue weighted by Gasteiger charge is -2.14. The molecule has 0 fully saturated rings. The van der Waals surface area contributed by atoms with Crippen molar-refractivity contribution in [3.8, 4) is 5.75 Å². The third-order valence-electron chi connectivity index (χ3n) is 3.42. The molecule has 0 unspecified atom stereocenters. The fourth-order valence-corrected chi connectivity index (χ4v) is 2.23. The average molecular weight is 376 g/mol. The normalized spacial score (nSPS) is 11.7. The van der Waals surface area contributed by atoms with Crippen LogP contribution in [0.4, 0.5) is 5.69 Å². The molecule has 0 saturated heterocycles. The van der Waals surface area contributed by atoms with Gasteiger partial charge < -0.3 is 14.8 Å². The molecule has 6 heteroatoms. The van der Waals surface area contributed by atoms with Gasteiger partial charge in [-0.05, 0) is 55.3 Å². The predicted octanol–water partition coefficient (Wildman–Crippen LogP) is 4.56. The Morgan fingerprint density at radius 3 is 2.38 bits per heavy atom. The van der Waals surface area contributed by atoms with Crippen LogP contribution >= 0.6 is 11.6 Å². The summed E-state index contributed by atoms with van der Waals surface area (Å²) in [5.41, 5.74) is 0.890. The van der Waals surface area contributed by atoms with Gasteiger partial charge in [0.2, 0.25) is 0 Å². The summed E-state index contributed by atoms with van der Waals surface area (Å²) in [7, 11) is 0. The Balaban J connectivity index is 1.90. The fraction of sp³-hybridized carbons (Fsp3) is 0.300. The molecule has 2 rings (SSSR count). The highest BCUT2D eigenvalue weighted by atomic mass is 35.5. The van der Waals surface area contributed by atoms with Crippen molar-refractivity contribution >= 4 is 29.2 Å². The first-order valence-electron chi connectivity index (χ1n) is 8.35. The third-order valence-corrected chi connectivity index (χ3v) is 3.65. The Kier molecular flexibility index (Phi) is 7.04. The average Bonchev–Trinajstić information content (AvgIpc) is 2.60. The smallest absolute Gasteiger partial charge is 0.338 e. The topological polar surface area (TPSA) is 64.6 Å². The fourth-order valence-electron chi connectivity index (χ4n) is 2.04. The van der Waals surface area contributed by atoms with E-state index in [0.29, 0.717) is 34.5 Å². The molecule has 138 valence electrons. The summed E-state index contributed by atoms with van der Waals surface area (Å²) in [6.07, 6.45) is -0.946. The Morgan fingerprint density at radius 2 is 1.77 bits per heavy atom. The van der Waals surface area contributed by atoms with Gasteiger partial charge in [-0.2, -0.15) is 0 Å². The van der Waals surface area contributed by atoms with Crippen LogP contribution in [0.25, 0.3) is 0 Å². The van der Waals surface area contributed by atoms with Crippen molar-refractivity contribution in [3.05, 3.63) is 59.1 Å². The van der Waals surface area contributed by atoms with Gasteiger partial charge in [-0.1, -0.05) is 31.5 Å². The number of anilines is 1. The van der Waals surface area contributed by atoms with Crippen LogP contribution in [0.2, 0.25) is 5.02 Å². The first kappa shape index (κ1) is 19.8. The van der Waals surface area contributed by atoms with Gasteiger partial charge in [0.1, 0.15) is 5.75 Å². The monoisotopic (exact) mass is 375 g/mol. The lowest BCUT2D eigenvalue weighted by Crippen LogP contribution is -2.30. The number of nitrogens with one attached hydrogen (secondary N) is 1. The zero-order valence-corrected chi connectivity index (χ0v) is 15.7. The molecule has 26 heavy (non-hydrogen) atoms. The number of benzene rings is 2. The molecule has 1 N–H and O–H groups in total. The van der Waals surface area contributed by atoms with Crippen molar-refractivity contribution < 1.29 is 19.1 Å². The molecule has 5 nitrogen and oxygen atoms in total. The van der Waals surface area contributed by atoms with Crippen LogP contribution in [-0.4, -0.2) is 24.6 Å². The second-order valence-corrected chi connectivity index (χ2v) is 6.71. The van der Waals surface area contributed by atoms with Crippen LogP contribution in [0.3, 0.4) is 0 Å². The highest BCUT2D eigenvalue weighted by Gasteiger charge is 2.19. The second-order valence-electron chi connectivity index (χ2n) is 6.28. The molecule has 0 radical (unpaired) electrons. The van der Waals surface area contributed by atoms with E-state index >= 15 is 0 Å². The lowest BCUT2D eigenvalue weighted by molar-refractivity contribution is -0.123. The molecular formula is C20H22ClNO4. The Labute approximate surface area is 158 Å². The first-order chi connectivity index (χ1) is 12.3. The minimum absolute atomic E-state index is 0.351. The Bertz CT molecular complexity index is 759. The van der Waals surface area contributed by atoms with Gasteiger partial charge in [0.15, 0.2) is 6.10 Å². The van der Waals surface area contributed by atoms with Gasteiger partial charge in [0.05, 0.1) is 12.2 Å². The maximum Gasteiger partial charge on any atom is 0.338 e. The molecule has 2 aromatic rings. The molecule has 0 aromatic heterocycles. The molecule has 2 aromatic carbocycles. The van der Waals surface area contributed by atoms with E-state index in [9.17, 15) is 9.59 Å². The van der Waals surface area contributed by atoms with E-state index in [1.54, 1.807) is 48.5 Å². The summed E-state index contributed by atoms with van der Waals surface area (Å²) >= 11 is 5.88. The van der Waals surface area contributed by atoms with Gasteiger partial charge in [-0.25, -0.2) is 4.79 Å². The van der Waals surface area contributed by atoms with E-state index in [-0.39, 0.29) is 0 Å². The molecule has 1 amide bonds. The highest BCUT2D eigenvalue weighted by Crippen LogP contribution is 2.17. The second kappa shape index (κ2) is 9.25. The molecule has 0 aliphatic rings. The van der Waals surface area contributed by atoms with Crippen LogP contribution in [0.5, 0.6) is 5.75 Å². The van der Waals surface area contributed by atoms with Crippen LogP contribution in [0.15, 0.2) is 48.5 Å². The van der Waals surface area contributed by atoms with Crippen molar-refractivity contribution in [2.24, 2.45) is 5.92 Å². The van der Waals surface area contributed by atoms with Gasteiger partial charge in [0.25, 0.3) is 5.91 Å². The molecule has 0 saturated carbocycles. The van der Waals surface area contributed by atoms with Crippen LogP contribution in [0, 0.1) is 5.92 Å². The van der Waals surface area contributed by atoms with Crippen molar-refractivity contribution in [1.29, 1.82) is 0 Å². The Hall–Kier alpha value is -2.53. The van der Waals surface area contributed by atoms with Crippen molar-refractivity contribution in [3.63, 3.8) is 0 Å². The molecule has 0 aliphatic carbocycles. The molecule has 1 atom stereocenters.